The zero-order chi connectivity index (χ0) is 15.5. The Bertz CT molecular complexity index is 603. The first-order chi connectivity index (χ1) is 9.92. The number of hydrogen-bond donors (Lipinski definition) is 1. The van der Waals surface area contributed by atoms with Crippen LogP contribution in [0.15, 0.2) is 17.0 Å². The predicted octanol–water partition coefficient (Wildman–Crippen LogP) is 2.20. The number of ether oxygens (including phenoxy) is 1. The molecule has 0 unspecified atom stereocenters. The number of hydrogen-bond acceptors (Lipinski definition) is 3. The monoisotopic (exact) mass is 323 g/mol. The van der Waals surface area contributed by atoms with E-state index in [-0.39, 0.29) is 6.54 Å². The van der Waals surface area contributed by atoms with Gasteiger partial charge in [0.15, 0.2) is 17.5 Å². The maximum Gasteiger partial charge on any atom is 0.243 e. The maximum atomic E-state index is 13.4. The van der Waals surface area contributed by atoms with Gasteiger partial charge in [-0.1, -0.05) is 0 Å². The van der Waals surface area contributed by atoms with E-state index in [9.17, 15) is 21.6 Å². The Morgan fingerprint density at radius 3 is 2.57 bits per heavy atom. The molecule has 0 bridgehead atoms. The summed E-state index contributed by atoms with van der Waals surface area (Å²) in [6.45, 7) is 1.09. The molecule has 0 aliphatic heterocycles. The highest BCUT2D eigenvalue weighted by atomic mass is 32.2. The number of rotatable bonds is 8. The van der Waals surface area contributed by atoms with Gasteiger partial charge in [-0.15, -0.1) is 0 Å². The normalized spacial score (nSPS) is 15.4. The van der Waals surface area contributed by atoms with Gasteiger partial charge in [-0.05, 0) is 37.3 Å². The molecule has 0 spiro atoms. The van der Waals surface area contributed by atoms with Gasteiger partial charge >= 0.3 is 0 Å². The van der Waals surface area contributed by atoms with E-state index in [1.807, 2.05) is 0 Å². The van der Waals surface area contributed by atoms with Crippen molar-refractivity contribution >= 4 is 10.0 Å². The van der Waals surface area contributed by atoms with Crippen LogP contribution in [0.5, 0.6) is 0 Å². The van der Waals surface area contributed by atoms with Crippen LogP contribution in [0.1, 0.15) is 19.3 Å². The lowest BCUT2D eigenvalue weighted by Crippen LogP contribution is -2.27. The molecule has 0 radical (unpaired) electrons. The molecular weight excluding hydrogens is 307 g/mol. The molecule has 1 aromatic carbocycles. The second-order valence-electron chi connectivity index (χ2n) is 4.94. The first-order valence-electron chi connectivity index (χ1n) is 6.62. The van der Waals surface area contributed by atoms with Gasteiger partial charge in [-0.25, -0.2) is 26.3 Å². The SMILES string of the molecule is O=S(=O)(NCCCOCC1CC1)c1ccc(F)c(F)c1F. The molecular formula is C13H16F3NO3S. The first-order valence-corrected chi connectivity index (χ1v) is 8.11. The van der Waals surface area contributed by atoms with Crippen molar-refractivity contribution in [2.45, 2.75) is 24.2 Å². The van der Waals surface area contributed by atoms with Crippen LogP contribution in [0, 0.1) is 23.4 Å². The molecule has 118 valence electrons. The van der Waals surface area contributed by atoms with Crippen molar-refractivity contribution in [2.75, 3.05) is 19.8 Å². The van der Waals surface area contributed by atoms with Crippen molar-refractivity contribution in [3.8, 4) is 0 Å². The summed E-state index contributed by atoms with van der Waals surface area (Å²) < 4.78 is 70.2. The average molecular weight is 323 g/mol. The lowest BCUT2D eigenvalue weighted by atomic mass is 10.3. The largest absolute Gasteiger partial charge is 0.381 e. The number of halogens is 3. The predicted molar refractivity (Wildman–Crippen MR) is 69.7 cm³/mol. The minimum Gasteiger partial charge on any atom is -0.381 e. The molecule has 8 heteroatoms. The fourth-order valence-corrected chi connectivity index (χ4v) is 2.85. The summed E-state index contributed by atoms with van der Waals surface area (Å²) in [7, 11) is -4.21. The lowest BCUT2D eigenvalue weighted by Gasteiger charge is -2.08. The van der Waals surface area contributed by atoms with Crippen LogP contribution < -0.4 is 4.72 Å². The van der Waals surface area contributed by atoms with Gasteiger partial charge in [0.2, 0.25) is 10.0 Å². The Balaban J connectivity index is 1.84. The van der Waals surface area contributed by atoms with Crippen molar-refractivity contribution in [1.29, 1.82) is 0 Å². The molecule has 0 heterocycles. The highest BCUT2D eigenvalue weighted by molar-refractivity contribution is 7.89. The quantitative estimate of drug-likeness (QED) is 0.589. The Labute approximate surface area is 121 Å². The summed E-state index contributed by atoms with van der Waals surface area (Å²) in [6.07, 6.45) is 2.75. The van der Waals surface area contributed by atoms with E-state index in [2.05, 4.69) is 4.72 Å². The third-order valence-corrected chi connectivity index (χ3v) is 4.58. The number of nitrogens with one attached hydrogen (secondary N) is 1. The van der Waals surface area contributed by atoms with Gasteiger partial charge < -0.3 is 4.74 Å². The van der Waals surface area contributed by atoms with E-state index >= 15 is 0 Å². The Morgan fingerprint density at radius 2 is 1.90 bits per heavy atom. The van der Waals surface area contributed by atoms with Gasteiger partial charge in [0, 0.05) is 19.8 Å². The van der Waals surface area contributed by atoms with E-state index in [0.29, 0.717) is 37.7 Å². The summed E-state index contributed by atoms with van der Waals surface area (Å²) in [4.78, 5) is -0.903. The number of sulfonamides is 1. The first kappa shape index (κ1) is 16.3. The van der Waals surface area contributed by atoms with Crippen molar-refractivity contribution in [3.05, 3.63) is 29.6 Å². The average Bonchev–Trinajstić information content (AvgIpc) is 3.24. The topological polar surface area (TPSA) is 55.4 Å². The van der Waals surface area contributed by atoms with Crippen molar-refractivity contribution in [1.82, 2.24) is 4.72 Å². The molecule has 1 aromatic rings. The van der Waals surface area contributed by atoms with Gasteiger partial charge in [0.05, 0.1) is 0 Å². The summed E-state index contributed by atoms with van der Waals surface area (Å²) in [5, 5.41) is 0. The summed E-state index contributed by atoms with van der Waals surface area (Å²) >= 11 is 0. The van der Waals surface area contributed by atoms with Crippen LogP contribution >= 0.6 is 0 Å². The molecule has 0 amide bonds. The molecule has 0 aromatic heterocycles. The van der Waals surface area contributed by atoms with E-state index in [4.69, 9.17) is 4.74 Å². The van der Waals surface area contributed by atoms with E-state index in [1.165, 1.54) is 12.8 Å². The second-order valence-corrected chi connectivity index (χ2v) is 6.68. The second kappa shape index (κ2) is 6.76. The van der Waals surface area contributed by atoms with Crippen LogP contribution in [-0.2, 0) is 14.8 Å². The molecule has 2 rings (SSSR count). The Kier molecular flexibility index (Phi) is 5.23. The fraction of sp³-hybridized carbons (Fsp3) is 0.538. The minimum absolute atomic E-state index is 0.0332. The molecule has 4 nitrogen and oxygen atoms in total. The maximum absolute atomic E-state index is 13.4. The summed E-state index contributed by atoms with van der Waals surface area (Å²) in [5.41, 5.74) is 0. The van der Waals surface area contributed by atoms with Gasteiger partial charge in [-0.3, -0.25) is 0 Å². The van der Waals surface area contributed by atoms with Gasteiger partial charge in [0.25, 0.3) is 0 Å². The molecule has 1 N–H and O–H groups in total. The van der Waals surface area contributed by atoms with E-state index in [1.54, 1.807) is 0 Å². The Hall–Kier alpha value is -1.12. The van der Waals surface area contributed by atoms with Crippen molar-refractivity contribution in [2.24, 2.45) is 5.92 Å². The fourth-order valence-electron chi connectivity index (χ4n) is 1.71. The van der Waals surface area contributed by atoms with Crippen LogP contribution in [0.4, 0.5) is 13.2 Å². The van der Waals surface area contributed by atoms with Crippen LogP contribution in [0.3, 0.4) is 0 Å². The van der Waals surface area contributed by atoms with Gasteiger partial charge in [-0.2, -0.15) is 0 Å². The highest BCUT2D eigenvalue weighted by Crippen LogP contribution is 2.28. The zero-order valence-electron chi connectivity index (χ0n) is 11.2. The minimum atomic E-state index is -4.21. The molecule has 1 saturated carbocycles. The molecule has 0 saturated heterocycles. The number of benzene rings is 1. The van der Waals surface area contributed by atoms with Crippen molar-refractivity contribution in [3.63, 3.8) is 0 Å². The lowest BCUT2D eigenvalue weighted by molar-refractivity contribution is 0.123. The zero-order valence-corrected chi connectivity index (χ0v) is 12.1. The van der Waals surface area contributed by atoms with Crippen LogP contribution in [-0.4, -0.2) is 28.2 Å². The summed E-state index contributed by atoms with van der Waals surface area (Å²) in [6, 6.07) is 1.27. The molecule has 21 heavy (non-hydrogen) atoms. The van der Waals surface area contributed by atoms with Crippen LogP contribution in [0.25, 0.3) is 0 Å². The molecule has 1 aliphatic carbocycles. The van der Waals surface area contributed by atoms with E-state index in [0.717, 1.165) is 0 Å². The third-order valence-electron chi connectivity index (χ3n) is 3.10. The smallest absolute Gasteiger partial charge is 0.243 e. The highest BCUT2D eigenvalue weighted by Gasteiger charge is 2.23. The van der Waals surface area contributed by atoms with Crippen LogP contribution in [0.2, 0.25) is 0 Å². The molecule has 1 fully saturated rings. The van der Waals surface area contributed by atoms with Gasteiger partial charge in [0.1, 0.15) is 4.90 Å². The molecule has 1 aliphatic rings. The Morgan fingerprint density at radius 1 is 1.19 bits per heavy atom. The summed E-state index contributed by atoms with van der Waals surface area (Å²) in [5.74, 6) is -4.32. The molecule has 0 atom stereocenters. The third kappa shape index (κ3) is 4.42. The van der Waals surface area contributed by atoms with E-state index < -0.39 is 32.4 Å². The van der Waals surface area contributed by atoms with Crippen molar-refractivity contribution < 1.29 is 26.3 Å². The standard InChI is InChI=1S/C13H16F3NO3S/c14-10-4-5-11(13(16)12(10)15)21(18,19)17-6-1-7-20-8-9-2-3-9/h4-5,9,17H,1-3,6-8H2.